The topological polar surface area (TPSA) is 88.2 Å². The van der Waals surface area contributed by atoms with Crippen molar-refractivity contribution >= 4 is 33.2 Å². The van der Waals surface area contributed by atoms with Gasteiger partial charge in [0.05, 0.1) is 10.5 Å². The van der Waals surface area contributed by atoms with E-state index < -0.39 is 10.0 Å². The summed E-state index contributed by atoms with van der Waals surface area (Å²) in [6.45, 7) is 0. The third-order valence-corrected chi connectivity index (χ3v) is 5.03. The van der Waals surface area contributed by atoms with Gasteiger partial charge in [0.25, 0.3) is 5.91 Å². The van der Waals surface area contributed by atoms with E-state index in [9.17, 15) is 13.2 Å². The number of halogens is 1. The van der Waals surface area contributed by atoms with Gasteiger partial charge in [0.1, 0.15) is 5.15 Å². The Morgan fingerprint density at radius 2 is 2.00 bits per heavy atom. The molecule has 1 saturated carbocycles. The number of sulfonamides is 1. The Balaban J connectivity index is 1.77. The van der Waals surface area contributed by atoms with E-state index in [1.165, 1.54) is 24.4 Å². The molecular weight excluding hydrogens is 338 g/mol. The van der Waals surface area contributed by atoms with Crippen molar-refractivity contribution in [1.29, 1.82) is 0 Å². The molecule has 23 heavy (non-hydrogen) atoms. The van der Waals surface area contributed by atoms with Crippen LogP contribution in [0, 0.1) is 0 Å². The summed E-state index contributed by atoms with van der Waals surface area (Å²) in [6, 6.07) is 9.19. The zero-order valence-corrected chi connectivity index (χ0v) is 13.6. The molecule has 0 saturated heterocycles. The lowest BCUT2D eigenvalue weighted by molar-refractivity contribution is 0.102. The predicted molar refractivity (Wildman–Crippen MR) is 87.0 cm³/mol. The molecule has 0 radical (unpaired) electrons. The van der Waals surface area contributed by atoms with Crippen LogP contribution in [0.15, 0.2) is 47.5 Å². The molecule has 2 N–H and O–H groups in total. The van der Waals surface area contributed by atoms with Crippen molar-refractivity contribution in [2.75, 3.05) is 5.32 Å². The molecule has 2 aromatic rings. The van der Waals surface area contributed by atoms with Gasteiger partial charge in [0, 0.05) is 17.9 Å². The quantitative estimate of drug-likeness (QED) is 0.810. The van der Waals surface area contributed by atoms with Crippen molar-refractivity contribution in [2.45, 2.75) is 23.8 Å². The Morgan fingerprint density at radius 1 is 1.22 bits per heavy atom. The zero-order chi connectivity index (χ0) is 16.4. The van der Waals surface area contributed by atoms with Crippen LogP contribution in [0.4, 0.5) is 5.69 Å². The lowest BCUT2D eigenvalue weighted by atomic mass is 10.2. The van der Waals surface area contributed by atoms with Crippen LogP contribution in [0.25, 0.3) is 0 Å². The smallest absolute Gasteiger partial charge is 0.257 e. The number of carbonyl (C=O) groups is 1. The van der Waals surface area contributed by atoms with E-state index >= 15 is 0 Å². The molecule has 0 aliphatic heterocycles. The Labute approximate surface area is 138 Å². The minimum Gasteiger partial charge on any atom is -0.322 e. The van der Waals surface area contributed by atoms with Crippen LogP contribution in [0.2, 0.25) is 5.15 Å². The van der Waals surface area contributed by atoms with E-state index in [-0.39, 0.29) is 16.8 Å². The van der Waals surface area contributed by atoms with Crippen LogP contribution in [0.5, 0.6) is 0 Å². The predicted octanol–water partition coefficient (Wildman–Crippen LogP) is 2.43. The highest BCUT2D eigenvalue weighted by Gasteiger charge is 2.28. The van der Waals surface area contributed by atoms with E-state index in [4.69, 9.17) is 11.6 Å². The largest absolute Gasteiger partial charge is 0.322 e. The minimum atomic E-state index is -3.56. The highest BCUT2D eigenvalue weighted by molar-refractivity contribution is 7.89. The fourth-order valence-electron chi connectivity index (χ4n) is 1.94. The molecule has 1 aromatic carbocycles. The van der Waals surface area contributed by atoms with E-state index in [1.807, 2.05) is 0 Å². The molecule has 0 spiro atoms. The molecule has 0 atom stereocenters. The highest BCUT2D eigenvalue weighted by Crippen LogP contribution is 2.23. The second-order valence-electron chi connectivity index (χ2n) is 5.25. The summed E-state index contributed by atoms with van der Waals surface area (Å²) in [6.07, 6.45) is 3.07. The standard InChI is InChI=1S/C15H14ClN3O3S/c16-14-7-4-10(9-17-14)15(20)18-12-2-1-3-13(8-12)23(21,22)19-11-5-6-11/h1-4,7-9,11,19H,5-6H2,(H,18,20). The molecule has 120 valence electrons. The Hall–Kier alpha value is -1.96. The molecule has 1 aliphatic carbocycles. The van der Waals surface area contributed by atoms with Gasteiger partial charge >= 0.3 is 0 Å². The number of rotatable bonds is 5. The second-order valence-corrected chi connectivity index (χ2v) is 7.35. The van der Waals surface area contributed by atoms with Crippen LogP contribution in [-0.4, -0.2) is 25.4 Å². The van der Waals surface area contributed by atoms with Crippen molar-refractivity contribution < 1.29 is 13.2 Å². The normalized spacial score (nSPS) is 14.5. The van der Waals surface area contributed by atoms with Crippen LogP contribution in [0.3, 0.4) is 0 Å². The monoisotopic (exact) mass is 351 g/mol. The molecule has 1 aromatic heterocycles. The first-order valence-electron chi connectivity index (χ1n) is 6.99. The van der Waals surface area contributed by atoms with E-state index in [0.29, 0.717) is 16.4 Å². The third-order valence-electron chi connectivity index (χ3n) is 3.29. The molecule has 3 rings (SSSR count). The molecule has 1 fully saturated rings. The van der Waals surface area contributed by atoms with Crippen LogP contribution in [-0.2, 0) is 10.0 Å². The number of amides is 1. The lowest BCUT2D eigenvalue weighted by Crippen LogP contribution is -2.25. The molecule has 1 amide bonds. The highest BCUT2D eigenvalue weighted by atomic mass is 35.5. The van der Waals surface area contributed by atoms with Crippen molar-refractivity contribution in [3.8, 4) is 0 Å². The Kier molecular flexibility index (Phi) is 4.34. The zero-order valence-electron chi connectivity index (χ0n) is 12.0. The summed E-state index contributed by atoms with van der Waals surface area (Å²) in [5.41, 5.74) is 0.724. The number of benzene rings is 1. The first-order chi connectivity index (χ1) is 10.9. The van der Waals surface area contributed by atoms with Gasteiger partial charge in [0.2, 0.25) is 10.0 Å². The summed E-state index contributed by atoms with van der Waals surface area (Å²) in [5, 5.41) is 2.94. The number of nitrogens with one attached hydrogen (secondary N) is 2. The van der Waals surface area contributed by atoms with Gasteiger partial charge in [-0.1, -0.05) is 17.7 Å². The second kappa shape index (κ2) is 6.27. The van der Waals surface area contributed by atoms with Crippen molar-refractivity contribution in [3.05, 3.63) is 53.3 Å². The van der Waals surface area contributed by atoms with Crippen molar-refractivity contribution in [3.63, 3.8) is 0 Å². The number of nitrogens with zero attached hydrogens (tertiary/aromatic N) is 1. The van der Waals surface area contributed by atoms with Gasteiger partial charge < -0.3 is 5.32 Å². The number of carbonyl (C=O) groups excluding carboxylic acids is 1. The average Bonchev–Trinajstić information content (AvgIpc) is 3.31. The Bertz CT molecular complexity index is 833. The molecule has 1 aliphatic rings. The van der Waals surface area contributed by atoms with Gasteiger partial charge in [-0.05, 0) is 43.2 Å². The SMILES string of the molecule is O=C(Nc1cccc(S(=O)(=O)NC2CC2)c1)c1ccc(Cl)nc1. The number of anilines is 1. The summed E-state index contributed by atoms with van der Waals surface area (Å²) < 4.78 is 27.0. The van der Waals surface area contributed by atoms with Gasteiger partial charge in [0.15, 0.2) is 0 Å². The first-order valence-corrected chi connectivity index (χ1v) is 8.85. The van der Waals surface area contributed by atoms with E-state index in [1.54, 1.807) is 18.2 Å². The number of hydrogen-bond acceptors (Lipinski definition) is 4. The molecule has 6 nitrogen and oxygen atoms in total. The van der Waals surface area contributed by atoms with E-state index in [2.05, 4.69) is 15.0 Å². The number of aromatic nitrogens is 1. The molecule has 0 unspecified atom stereocenters. The minimum absolute atomic E-state index is 0.0263. The van der Waals surface area contributed by atoms with Crippen molar-refractivity contribution in [2.24, 2.45) is 0 Å². The third kappa shape index (κ3) is 4.07. The molecule has 8 heteroatoms. The fraction of sp³-hybridized carbons (Fsp3) is 0.200. The maximum Gasteiger partial charge on any atom is 0.257 e. The van der Waals surface area contributed by atoms with Gasteiger partial charge in [-0.2, -0.15) is 0 Å². The Morgan fingerprint density at radius 3 is 2.65 bits per heavy atom. The summed E-state index contributed by atoms with van der Waals surface area (Å²) in [4.78, 5) is 16.1. The summed E-state index contributed by atoms with van der Waals surface area (Å²) in [5.74, 6) is -0.390. The van der Waals surface area contributed by atoms with Gasteiger partial charge in [-0.15, -0.1) is 0 Å². The maximum atomic E-state index is 12.2. The number of pyridine rings is 1. The van der Waals surface area contributed by atoms with Crippen LogP contribution < -0.4 is 10.0 Å². The summed E-state index contributed by atoms with van der Waals surface area (Å²) in [7, 11) is -3.56. The average molecular weight is 352 g/mol. The maximum absolute atomic E-state index is 12.2. The first kappa shape index (κ1) is 15.9. The van der Waals surface area contributed by atoms with E-state index in [0.717, 1.165) is 12.8 Å². The summed E-state index contributed by atoms with van der Waals surface area (Å²) >= 11 is 5.68. The molecule has 1 heterocycles. The fourth-order valence-corrected chi connectivity index (χ4v) is 3.41. The van der Waals surface area contributed by atoms with Crippen molar-refractivity contribution in [1.82, 2.24) is 9.71 Å². The van der Waals surface area contributed by atoms with Crippen LogP contribution >= 0.6 is 11.6 Å². The molecular formula is C15H14ClN3O3S. The van der Waals surface area contributed by atoms with Gasteiger partial charge in [-0.25, -0.2) is 18.1 Å². The number of hydrogen-bond donors (Lipinski definition) is 2. The molecule has 0 bridgehead atoms. The van der Waals surface area contributed by atoms with Gasteiger partial charge in [-0.3, -0.25) is 4.79 Å². The lowest BCUT2D eigenvalue weighted by Gasteiger charge is -2.09. The van der Waals surface area contributed by atoms with Crippen LogP contribution in [0.1, 0.15) is 23.2 Å².